The van der Waals surface area contributed by atoms with Crippen molar-refractivity contribution in [3.63, 3.8) is 0 Å². The van der Waals surface area contributed by atoms with E-state index in [-0.39, 0.29) is 17.9 Å². The lowest BCUT2D eigenvalue weighted by molar-refractivity contribution is 0.317. The quantitative estimate of drug-likeness (QED) is 0.426. The van der Waals surface area contributed by atoms with Gasteiger partial charge in [0.1, 0.15) is 11.6 Å². The summed E-state index contributed by atoms with van der Waals surface area (Å²) in [6.45, 7) is 9.44. The van der Waals surface area contributed by atoms with Crippen molar-refractivity contribution in [1.29, 1.82) is 0 Å². The minimum Gasteiger partial charge on any atom is -0.497 e. The average Bonchev–Trinajstić information content (AvgIpc) is 2.77. The van der Waals surface area contributed by atoms with Gasteiger partial charge < -0.3 is 20.3 Å². The van der Waals surface area contributed by atoms with Crippen LogP contribution in [0.5, 0.6) is 5.75 Å². The highest BCUT2D eigenvalue weighted by molar-refractivity contribution is 6.30. The minimum atomic E-state index is 0. The molecule has 0 bridgehead atoms. The number of nitrogens with zero attached hydrogens (tertiary/aromatic N) is 2. The number of fused-ring (bicyclic) bond motifs is 1. The zero-order valence-electron chi connectivity index (χ0n) is 19.8. The van der Waals surface area contributed by atoms with Gasteiger partial charge in [-0.3, -0.25) is 0 Å². The number of benzene rings is 2. The first-order chi connectivity index (χ1) is 15.3. The molecule has 1 aromatic heterocycles. The van der Waals surface area contributed by atoms with Gasteiger partial charge in [-0.15, -0.1) is 12.4 Å². The number of anilines is 2. The Morgan fingerprint density at radius 1 is 1.06 bits per heavy atom. The number of methoxy groups -OCH3 is 1. The number of ether oxygens (including phenoxy) is 1. The van der Waals surface area contributed by atoms with E-state index in [9.17, 15) is 0 Å². The summed E-state index contributed by atoms with van der Waals surface area (Å²) in [5.74, 6) is 1.73. The summed E-state index contributed by atoms with van der Waals surface area (Å²) in [4.78, 5) is 7.35. The first-order valence-corrected chi connectivity index (χ1v) is 11.7. The van der Waals surface area contributed by atoms with Gasteiger partial charge in [0.05, 0.1) is 12.6 Å². The second-order valence-corrected chi connectivity index (χ2v) is 9.98. The van der Waals surface area contributed by atoms with Gasteiger partial charge in [0.25, 0.3) is 0 Å². The average molecular weight is 489 g/mol. The van der Waals surface area contributed by atoms with Gasteiger partial charge in [-0.1, -0.05) is 23.7 Å². The Bertz CT molecular complexity index is 1060. The van der Waals surface area contributed by atoms with Crippen LogP contribution in [0, 0.1) is 0 Å². The fraction of sp³-hybridized carbons (Fsp3) is 0.423. The topological polar surface area (TPSA) is 49.4 Å². The highest BCUT2D eigenvalue weighted by Gasteiger charge is 2.24. The van der Waals surface area contributed by atoms with Crippen LogP contribution in [0.4, 0.5) is 11.5 Å². The van der Waals surface area contributed by atoms with Crippen LogP contribution >= 0.6 is 24.0 Å². The van der Waals surface area contributed by atoms with Gasteiger partial charge in [-0.05, 0) is 69.5 Å². The fourth-order valence-electron chi connectivity index (χ4n) is 4.34. The number of halogens is 2. The van der Waals surface area contributed by atoms with Crippen LogP contribution in [0.2, 0.25) is 5.02 Å². The van der Waals surface area contributed by atoms with E-state index in [2.05, 4.69) is 48.4 Å². The maximum Gasteiger partial charge on any atom is 0.129 e. The normalized spacial score (nSPS) is 14.8. The Kier molecular flexibility index (Phi) is 8.33. The summed E-state index contributed by atoms with van der Waals surface area (Å²) >= 11 is 6.02. The van der Waals surface area contributed by atoms with Crippen molar-refractivity contribution >= 4 is 46.4 Å². The molecule has 7 heteroatoms. The van der Waals surface area contributed by atoms with E-state index in [1.54, 1.807) is 7.11 Å². The van der Waals surface area contributed by atoms with Gasteiger partial charge in [0.15, 0.2) is 0 Å². The van der Waals surface area contributed by atoms with Crippen LogP contribution in [-0.4, -0.2) is 36.8 Å². The van der Waals surface area contributed by atoms with Crippen LogP contribution in [0.3, 0.4) is 0 Å². The summed E-state index contributed by atoms with van der Waals surface area (Å²) in [6.07, 6.45) is 2.25. The van der Waals surface area contributed by atoms with Crippen LogP contribution in [0.1, 0.15) is 39.2 Å². The predicted molar refractivity (Wildman–Crippen MR) is 142 cm³/mol. The maximum atomic E-state index is 6.02. The third kappa shape index (κ3) is 6.66. The molecule has 2 N–H and O–H groups in total. The summed E-state index contributed by atoms with van der Waals surface area (Å²) < 4.78 is 5.50. The number of aromatic nitrogens is 1. The van der Waals surface area contributed by atoms with Crippen molar-refractivity contribution in [2.24, 2.45) is 0 Å². The first-order valence-electron chi connectivity index (χ1n) is 11.3. The van der Waals surface area contributed by atoms with Crippen LogP contribution in [-0.2, 0) is 6.54 Å². The lowest BCUT2D eigenvalue weighted by atomic mass is 9.99. The zero-order chi connectivity index (χ0) is 22.7. The minimum absolute atomic E-state index is 0. The Balaban J connectivity index is 0.00000306. The lowest BCUT2D eigenvalue weighted by Gasteiger charge is -2.37. The fourth-order valence-corrected chi connectivity index (χ4v) is 4.46. The number of pyridine rings is 1. The molecule has 0 amide bonds. The molecule has 1 fully saturated rings. The molecule has 0 aliphatic carbocycles. The molecule has 0 saturated carbocycles. The van der Waals surface area contributed by atoms with E-state index in [1.165, 1.54) is 11.3 Å². The van der Waals surface area contributed by atoms with Crippen LogP contribution < -0.4 is 20.3 Å². The zero-order valence-corrected chi connectivity index (χ0v) is 21.4. The Morgan fingerprint density at radius 2 is 1.76 bits per heavy atom. The van der Waals surface area contributed by atoms with Gasteiger partial charge >= 0.3 is 0 Å². The summed E-state index contributed by atoms with van der Waals surface area (Å²) in [5.41, 5.74) is 3.49. The molecule has 1 aliphatic heterocycles. The van der Waals surface area contributed by atoms with Gasteiger partial charge in [0, 0.05) is 53.4 Å². The Labute approximate surface area is 208 Å². The van der Waals surface area contributed by atoms with Crippen molar-refractivity contribution in [3.8, 4) is 5.75 Å². The van der Waals surface area contributed by atoms with Crippen LogP contribution in [0.15, 0.2) is 48.5 Å². The number of nitrogens with one attached hydrogen (secondary N) is 2. The molecule has 1 aliphatic rings. The molecule has 33 heavy (non-hydrogen) atoms. The summed E-state index contributed by atoms with van der Waals surface area (Å²) in [6, 6.07) is 16.7. The van der Waals surface area contributed by atoms with E-state index in [0.29, 0.717) is 12.6 Å². The molecule has 0 radical (unpaired) electrons. The van der Waals surface area contributed by atoms with Crippen LogP contribution in [0.25, 0.3) is 10.9 Å². The lowest BCUT2D eigenvalue weighted by Crippen LogP contribution is -2.49. The second kappa shape index (κ2) is 10.8. The highest BCUT2D eigenvalue weighted by Crippen LogP contribution is 2.33. The predicted octanol–water partition coefficient (Wildman–Crippen LogP) is 6.29. The van der Waals surface area contributed by atoms with Gasteiger partial charge in [-0.25, -0.2) is 4.98 Å². The van der Waals surface area contributed by atoms with Crippen molar-refractivity contribution in [3.05, 3.63) is 59.1 Å². The molecule has 3 aromatic rings. The number of hydrogen-bond acceptors (Lipinski definition) is 5. The van der Waals surface area contributed by atoms with Crippen molar-refractivity contribution < 1.29 is 4.74 Å². The smallest absolute Gasteiger partial charge is 0.129 e. The van der Waals surface area contributed by atoms with Gasteiger partial charge in [-0.2, -0.15) is 0 Å². The van der Waals surface area contributed by atoms with Crippen molar-refractivity contribution in [2.45, 2.75) is 51.7 Å². The molecular weight excluding hydrogens is 455 g/mol. The molecule has 2 heterocycles. The van der Waals surface area contributed by atoms with E-state index < -0.39 is 0 Å². The molecule has 4 rings (SSSR count). The number of piperidine rings is 1. The molecule has 0 spiro atoms. The van der Waals surface area contributed by atoms with Crippen molar-refractivity contribution in [2.75, 3.05) is 30.4 Å². The molecule has 178 valence electrons. The SMILES string of the molecule is COc1ccc2nc(NCc3ccc(Cl)cc3)cc(N3CCC(NC(C)(C)C)CC3)c2c1.Cl. The first kappa shape index (κ1) is 25.4. The number of rotatable bonds is 6. The molecular formula is C26H34Cl2N4O. The second-order valence-electron chi connectivity index (χ2n) is 9.55. The number of hydrogen-bond donors (Lipinski definition) is 2. The summed E-state index contributed by atoms with van der Waals surface area (Å²) in [5, 5.41) is 9.13. The van der Waals surface area contributed by atoms with Gasteiger partial charge in [0.2, 0.25) is 0 Å². The Hall–Kier alpha value is -2.21. The Morgan fingerprint density at radius 3 is 2.39 bits per heavy atom. The molecule has 5 nitrogen and oxygen atoms in total. The maximum absolute atomic E-state index is 6.02. The standard InChI is InChI=1S/C26H33ClN4O.ClH/c1-26(2,3)30-20-11-13-31(14-12-20)24-16-25(28-17-18-5-7-19(27)8-6-18)29-23-10-9-21(32-4)15-22(23)24;/h5-10,15-16,20,30H,11-14,17H2,1-4H3,(H,28,29);1H. The third-order valence-electron chi connectivity index (χ3n) is 5.85. The van der Waals surface area contributed by atoms with Crippen molar-refractivity contribution in [1.82, 2.24) is 10.3 Å². The molecule has 0 atom stereocenters. The molecule has 0 unspecified atom stereocenters. The molecule has 2 aromatic carbocycles. The highest BCUT2D eigenvalue weighted by atomic mass is 35.5. The largest absolute Gasteiger partial charge is 0.497 e. The monoisotopic (exact) mass is 488 g/mol. The van der Waals surface area contributed by atoms with E-state index in [4.69, 9.17) is 21.3 Å². The van der Waals surface area contributed by atoms with E-state index in [1.807, 2.05) is 36.4 Å². The van der Waals surface area contributed by atoms with E-state index >= 15 is 0 Å². The molecule has 1 saturated heterocycles. The summed E-state index contributed by atoms with van der Waals surface area (Å²) in [7, 11) is 1.71. The van der Waals surface area contributed by atoms with E-state index in [0.717, 1.165) is 53.4 Å². The third-order valence-corrected chi connectivity index (χ3v) is 6.11.